The van der Waals surface area contributed by atoms with Crippen LogP contribution in [0, 0.1) is 6.92 Å². The molecule has 0 spiro atoms. The van der Waals surface area contributed by atoms with Gasteiger partial charge in [-0.05, 0) is 53.8 Å². The highest BCUT2D eigenvalue weighted by Crippen LogP contribution is 2.28. The van der Waals surface area contributed by atoms with Crippen LogP contribution in [0.15, 0.2) is 77.7 Å². The van der Waals surface area contributed by atoms with Gasteiger partial charge in [0.05, 0.1) is 31.3 Å². The van der Waals surface area contributed by atoms with Gasteiger partial charge >= 0.3 is 0 Å². The zero-order valence-electron chi connectivity index (χ0n) is 20.6. The lowest BCUT2D eigenvalue weighted by Crippen LogP contribution is -2.40. The van der Waals surface area contributed by atoms with Crippen molar-refractivity contribution in [2.75, 3.05) is 33.4 Å². The first kappa shape index (κ1) is 25.9. The van der Waals surface area contributed by atoms with E-state index < -0.39 is 10.0 Å². The molecular formula is C28H32N2O5S. The first-order chi connectivity index (χ1) is 17.4. The van der Waals surface area contributed by atoms with Crippen LogP contribution in [0.2, 0.25) is 0 Å². The minimum atomic E-state index is -3.65. The Kier molecular flexibility index (Phi) is 8.40. The summed E-state index contributed by atoms with van der Waals surface area (Å²) in [6.45, 7) is 3.44. The summed E-state index contributed by atoms with van der Waals surface area (Å²) in [4.78, 5) is 13.3. The molecule has 0 bridgehead atoms. The van der Waals surface area contributed by atoms with Crippen molar-refractivity contribution in [3.8, 4) is 5.75 Å². The molecule has 3 aromatic carbocycles. The molecule has 1 saturated heterocycles. The van der Waals surface area contributed by atoms with Gasteiger partial charge in [-0.3, -0.25) is 4.79 Å². The van der Waals surface area contributed by atoms with Gasteiger partial charge in [-0.25, -0.2) is 8.42 Å². The minimum Gasteiger partial charge on any atom is -0.496 e. The molecule has 8 heteroatoms. The third kappa shape index (κ3) is 5.95. The van der Waals surface area contributed by atoms with E-state index in [1.807, 2.05) is 61.5 Å². The largest absolute Gasteiger partial charge is 0.496 e. The molecule has 1 aliphatic rings. The molecular weight excluding hydrogens is 476 g/mol. The Morgan fingerprint density at radius 2 is 1.72 bits per heavy atom. The van der Waals surface area contributed by atoms with Crippen molar-refractivity contribution >= 4 is 15.9 Å². The van der Waals surface area contributed by atoms with E-state index in [1.54, 1.807) is 25.3 Å². The van der Waals surface area contributed by atoms with E-state index in [4.69, 9.17) is 9.47 Å². The number of sulfonamides is 1. The van der Waals surface area contributed by atoms with E-state index in [1.165, 1.54) is 4.31 Å². The van der Waals surface area contributed by atoms with Crippen molar-refractivity contribution in [2.45, 2.75) is 30.7 Å². The molecule has 0 aromatic heterocycles. The van der Waals surface area contributed by atoms with Crippen LogP contribution in [0.5, 0.6) is 5.75 Å². The Balaban J connectivity index is 1.52. The number of hydrogen-bond donors (Lipinski definition) is 1. The molecule has 0 radical (unpaired) electrons. The maximum atomic E-state index is 13.1. The fraction of sp³-hybridized carbons (Fsp3) is 0.321. The van der Waals surface area contributed by atoms with E-state index in [-0.39, 0.29) is 23.3 Å². The summed E-state index contributed by atoms with van der Waals surface area (Å²) < 4.78 is 38.4. The lowest BCUT2D eigenvalue weighted by atomic mass is 9.94. The Labute approximate surface area is 213 Å². The van der Waals surface area contributed by atoms with Crippen LogP contribution in [0.4, 0.5) is 0 Å². The van der Waals surface area contributed by atoms with Gasteiger partial charge in [-0.15, -0.1) is 0 Å². The van der Waals surface area contributed by atoms with Gasteiger partial charge in [0.15, 0.2) is 0 Å². The van der Waals surface area contributed by atoms with Crippen molar-refractivity contribution in [2.24, 2.45) is 0 Å². The standard InChI is InChI=1S/C28H32N2O5S/c1-21-8-6-7-11-25(21)28(22-9-4-3-5-10-22)29-27(31)15-12-23-20-24(13-14-26(23)34-2)36(32,33)30-16-18-35-19-17-30/h3-11,13-14,20,28H,12,15-19H2,1-2H3,(H,29,31)/t28-/m1/s1. The molecule has 0 aliphatic carbocycles. The lowest BCUT2D eigenvalue weighted by Gasteiger charge is -2.26. The smallest absolute Gasteiger partial charge is 0.243 e. The minimum absolute atomic E-state index is 0.129. The van der Waals surface area contributed by atoms with Crippen LogP contribution in [0.3, 0.4) is 0 Å². The summed E-state index contributed by atoms with van der Waals surface area (Å²) in [5, 5.41) is 3.17. The second kappa shape index (κ2) is 11.7. The number of carbonyl (C=O) groups excluding carboxylic acids is 1. The molecule has 7 nitrogen and oxygen atoms in total. The quantitative estimate of drug-likeness (QED) is 0.475. The molecule has 1 atom stereocenters. The van der Waals surface area contributed by atoms with E-state index in [2.05, 4.69) is 5.32 Å². The van der Waals surface area contributed by atoms with Crippen LogP contribution < -0.4 is 10.1 Å². The molecule has 1 N–H and O–H groups in total. The summed E-state index contributed by atoms with van der Waals surface area (Å²) in [5.74, 6) is 0.429. The highest BCUT2D eigenvalue weighted by molar-refractivity contribution is 7.89. The number of hydrogen-bond acceptors (Lipinski definition) is 5. The topological polar surface area (TPSA) is 84.9 Å². The van der Waals surface area contributed by atoms with Gasteiger partial charge in [0.25, 0.3) is 0 Å². The highest BCUT2D eigenvalue weighted by Gasteiger charge is 2.27. The van der Waals surface area contributed by atoms with Crippen molar-refractivity contribution in [3.63, 3.8) is 0 Å². The number of morpholine rings is 1. The molecule has 1 heterocycles. The number of nitrogens with one attached hydrogen (secondary N) is 1. The Bertz CT molecular complexity index is 1290. The fourth-order valence-electron chi connectivity index (χ4n) is 4.42. The van der Waals surface area contributed by atoms with Crippen LogP contribution in [0.1, 0.15) is 34.7 Å². The van der Waals surface area contributed by atoms with Crippen molar-refractivity contribution < 1.29 is 22.7 Å². The number of rotatable bonds is 9. The zero-order chi connectivity index (χ0) is 25.5. The molecule has 0 unspecified atom stereocenters. The predicted octanol–water partition coefficient (Wildman–Crippen LogP) is 3.86. The molecule has 36 heavy (non-hydrogen) atoms. The van der Waals surface area contributed by atoms with E-state index in [0.29, 0.717) is 44.0 Å². The lowest BCUT2D eigenvalue weighted by molar-refractivity contribution is -0.121. The number of ether oxygens (including phenoxy) is 2. The van der Waals surface area contributed by atoms with Gasteiger partial charge in [0.2, 0.25) is 15.9 Å². The number of carbonyl (C=O) groups is 1. The average Bonchev–Trinajstić information content (AvgIpc) is 2.92. The second-order valence-corrected chi connectivity index (χ2v) is 10.7. The third-order valence-corrected chi connectivity index (χ3v) is 8.31. The van der Waals surface area contributed by atoms with E-state index in [0.717, 1.165) is 16.7 Å². The van der Waals surface area contributed by atoms with Crippen LogP contribution in [-0.2, 0) is 26.0 Å². The number of benzene rings is 3. The average molecular weight is 509 g/mol. The summed E-state index contributed by atoms with van der Waals surface area (Å²) in [6, 6.07) is 22.4. The summed E-state index contributed by atoms with van der Waals surface area (Å²) in [7, 11) is -2.11. The first-order valence-electron chi connectivity index (χ1n) is 12.0. The number of amides is 1. The maximum Gasteiger partial charge on any atom is 0.243 e. The number of methoxy groups -OCH3 is 1. The summed E-state index contributed by atoms with van der Waals surface area (Å²) >= 11 is 0. The second-order valence-electron chi connectivity index (χ2n) is 8.76. The van der Waals surface area contributed by atoms with Crippen molar-refractivity contribution in [1.82, 2.24) is 9.62 Å². The predicted molar refractivity (Wildman–Crippen MR) is 138 cm³/mol. The van der Waals surface area contributed by atoms with Gasteiger partial charge in [0.1, 0.15) is 5.75 Å². The van der Waals surface area contributed by atoms with Crippen molar-refractivity contribution in [3.05, 3.63) is 95.1 Å². The van der Waals surface area contributed by atoms with E-state index in [9.17, 15) is 13.2 Å². The summed E-state index contributed by atoms with van der Waals surface area (Å²) in [5.41, 5.74) is 3.80. The van der Waals surface area contributed by atoms with Gasteiger partial charge < -0.3 is 14.8 Å². The highest BCUT2D eigenvalue weighted by atomic mass is 32.2. The molecule has 1 aliphatic heterocycles. The monoisotopic (exact) mass is 508 g/mol. The fourth-order valence-corrected chi connectivity index (χ4v) is 5.88. The first-order valence-corrected chi connectivity index (χ1v) is 13.5. The SMILES string of the molecule is COc1ccc(S(=O)(=O)N2CCOCC2)cc1CCC(=O)N[C@H](c1ccccc1)c1ccccc1C. The maximum absolute atomic E-state index is 13.1. The van der Waals surface area contributed by atoms with Crippen LogP contribution in [0.25, 0.3) is 0 Å². The molecule has 1 fully saturated rings. The van der Waals surface area contributed by atoms with Gasteiger partial charge in [0, 0.05) is 19.5 Å². The number of aryl methyl sites for hydroxylation is 2. The Morgan fingerprint density at radius 3 is 2.42 bits per heavy atom. The summed E-state index contributed by atoms with van der Waals surface area (Å²) in [6.07, 6.45) is 0.531. The van der Waals surface area contributed by atoms with Crippen LogP contribution in [-0.4, -0.2) is 52.0 Å². The van der Waals surface area contributed by atoms with Gasteiger partial charge in [-0.1, -0.05) is 54.6 Å². The zero-order valence-corrected chi connectivity index (χ0v) is 21.5. The molecule has 0 saturated carbocycles. The van der Waals surface area contributed by atoms with Crippen LogP contribution >= 0.6 is 0 Å². The number of nitrogens with zero attached hydrogens (tertiary/aromatic N) is 1. The molecule has 4 rings (SSSR count). The van der Waals surface area contributed by atoms with Crippen molar-refractivity contribution in [1.29, 1.82) is 0 Å². The Morgan fingerprint density at radius 1 is 1.03 bits per heavy atom. The molecule has 3 aromatic rings. The van der Waals surface area contributed by atoms with Gasteiger partial charge in [-0.2, -0.15) is 4.31 Å². The molecule has 1 amide bonds. The third-order valence-electron chi connectivity index (χ3n) is 6.42. The molecule has 190 valence electrons. The van der Waals surface area contributed by atoms with E-state index >= 15 is 0 Å². The Hall–Kier alpha value is -3.20. The normalized spacial score (nSPS) is 15.3.